The molecule has 162 valence electrons. The average molecular weight is 423 g/mol. The molecule has 0 radical (unpaired) electrons. The largest absolute Gasteiger partial charge is 0.495 e. The van der Waals surface area contributed by atoms with Crippen LogP contribution in [0.25, 0.3) is 0 Å². The predicted molar refractivity (Wildman–Crippen MR) is 115 cm³/mol. The molecule has 1 aliphatic heterocycles. The highest BCUT2D eigenvalue weighted by molar-refractivity contribution is 5.91. The van der Waals surface area contributed by atoms with Crippen molar-refractivity contribution >= 4 is 23.5 Å². The van der Waals surface area contributed by atoms with Crippen LogP contribution in [-0.2, 0) is 6.54 Å². The summed E-state index contributed by atoms with van der Waals surface area (Å²) in [6.45, 7) is 4.94. The molecule has 0 saturated carbocycles. The Bertz CT molecular complexity index is 1060. The topological polar surface area (TPSA) is 123 Å². The summed E-state index contributed by atoms with van der Waals surface area (Å²) >= 11 is 0. The number of furan rings is 1. The molecule has 0 spiro atoms. The number of carbonyl (C=O) groups excluding carboxylic acids is 1. The van der Waals surface area contributed by atoms with Crippen molar-refractivity contribution in [2.45, 2.75) is 13.5 Å². The number of nitrogens with one attached hydrogen (secondary N) is 1. The minimum atomic E-state index is -0.0829. The zero-order chi connectivity index (χ0) is 21.8. The Morgan fingerprint density at radius 3 is 2.61 bits per heavy atom. The number of nitrogens with zero attached hydrogens (tertiary/aromatic N) is 5. The summed E-state index contributed by atoms with van der Waals surface area (Å²) < 4.78 is 10.8. The summed E-state index contributed by atoms with van der Waals surface area (Å²) in [5, 5.41) is 3.13. The Kier molecular flexibility index (Phi) is 5.99. The highest BCUT2D eigenvalue weighted by Gasteiger charge is 2.24. The number of piperazine rings is 1. The monoisotopic (exact) mass is 423 g/mol. The van der Waals surface area contributed by atoms with E-state index in [0.717, 1.165) is 11.4 Å². The van der Waals surface area contributed by atoms with E-state index in [1.165, 1.54) is 0 Å². The zero-order valence-electron chi connectivity index (χ0n) is 17.5. The second-order valence-electron chi connectivity index (χ2n) is 7.24. The van der Waals surface area contributed by atoms with Gasteiger partial charge in [-0.05, 0) is 31.2 Å². The molecule has 3 heterocycles. The number of aryl methyl sites for hydroxylation is 1. The van der Waals surface area contributed by atoms with Crippen LogP contribution in [0.5, 0.6) is 5.75 Å². The molecule has 10 heteroatoms. The van der Waals surface area contributed by atoms with Gasteiger partial charge in [-0.15, -0.1) is 0 Å². The minimum Gasteiger partial charge on any atom is -0.495 e. The third-order valence-electron chi connectivity index (χ3n) is 5.03. The number of benzene rings is 1. The van der Waals surface area contributed by atoms with Gasteiger partial charge < -0.3 is 25.1 Å². The molecule has 0 bridgehead atoms. The molecule has 2 aromatic heterocycles. The van der Waals surface area contributed by atoms with Crippen LogP contribution in [0, 0.1) is 6.92 Å². The standard InChI is InChI=1S/C21H25N7O3/c1-14-7-8-17(31-14)19(29)28-11-9-27(10-12-28)13-18-24-20(22)26-21(25-18)23-15-5-3-4-6-16(15)30-2/h3-8H,9-13H2,1-2H3,(H3,22,23,24,25,26). The summed E-state index contributed by atoms with van der Waals surface area (Å²) in [6.07, 6.45) is 0. The number of ether oxygens (including phenoxy) is 1. The first kappa shape index (κ1) is 20.6. The van der Waals surface area contributed by atoms with Crippen LogP contribution in [0.2, 0.25) is 0 Å². The van der Waals surface area contributed by atoms with Gasteiger partial charge >= 0.3 is 0 Å². The second-order valence-corrected chi connectivity index (χ2v) is 7.24. The highest BCUT2D eigenvalue weighted by atomic mass is 16.5. The Balaban J connectivity index is 1.38. The summed E-state index contributed by atoms with van der Waals surface area (Å²) in [7, 11) is 1.60. The number of hydrogen-bond acceptors (Lipinski definition) is 9. The second kappa shape index (κ2) is 9.00. The van der Waals surface area contributed by atoms with Gasteiger partial charge in [0.2, 0.25) is 11.9 Å². The maximum atomic E-state index is 12.5. The van der Waals surface area contributed by atoms with E-state index >= 15 is 0 Å². The predicted octanol–water partition coefficient (Wildman–Crippen LogP) is 2.07. The molecule has 1 aromatic carbocycles. The van der Waals surface area contributed by atoms with Crippen molar-refractivity contribution < 1.29 is 13.9 Å². The summed E-state index contributed by atoms with van der Waals surface area (Å²) in [5.74, 6) is 2.76. The number of amides is 1. The third kappa shape index (κ3) is 4.92. The number of carbonyl (C=O) groups is 1. The first-order valence-electron chi connectivity index (χ1n) is 10.0. The van der Waals surface area contributed by atoms with E-state index in [1.54, 1.807) is 24.1 Å². The van der Waals surface area contributed by atoms with Gasteiger partial charge in [-0.3, -0.25) is 9.69 Å². The smallest absolute Gasteiger partial charge is 0.289 e. The lowest BCUT2D eigenvalue weighted by Crippen LogP contribution is -2.48. The molecular weight excluding hydrogens is 398 g/mol. The molecule has 3 N–H and O–H groups in total. The van der Waals surface area contributed by atoms with Gasteiger partial charge in [-0.2, -0.15) is 15.0 Å². The maximum absolute atomic E-state index is 12.5. The number of aromatic nitrogens is 3. The number of nitrogen functional groups attached to an aromatic ring is 1. The normalized spacial score (nSPS) is 14.5. The van der Waals surface area contributed by atoms with Crippen molar-refractivity contribution in [3.05, 3.63) is 53.7 Å². The average Bonchev–Trinajstić information content (AvgIpc) is 3.20. The lowest BCUT2D eigenvalue weighted by molar-refractivity contribution is 0.0593. The Labute approximate surface area is 180 Å². The SMILES string of the molecule is COc1ccccc1Nc1nc(N)nc(CN2CCN(C(=O)c3ccc(C)o3)CC2)n1. The van der Waals surface area contributed by atoms with Gasteiger partial charge in [0.1, 0.15) is 17.3 Å². The Hall–Kier alpha value is -3.66. The summed E-state index contributed by atoms with van der Waals surface area (Å²) in [6, 6.07) is 11.0. The highest BCUT2D eigenvalue weighted by Crippen LogP contribution is 2.25. The number of para-hydroxylation sites is 2. The zero-order valence-corrected chi connectivity index (χ0v) is 17.5. The molecule has 1 fully saturated rings. The lowest BCUT2D eigenvalue weighted by atomic mass is 10.3. The number of methoxy groups -OCH3 is 1. The third-order valence-corrected chi connectivity index (χ3v) is 5.03. The molecule has 3 aromatic rings. The fourth-order valence-electron chi connectivity index (χ4n) is 3.45. The molecule has 1 amide bonds. The first-order chi connectivity index (χ1) is 15.0. The molecule has 4 rings (SSSR count). The van der Waals surface area contributed by atoms with Gasteiger partial charge in [-0.1, -0.05) is 12.1 Å². The van der Waals surface area contributed by atoms with E-state index in [-0.39, 0.29) is 11.9 Å². The van der Waals surface area contributed by atoms with E-state index < -0.39 is 0 Å². The molecular formula is C21H25N7O3. The Morgan fingerprint density at radius 1 is 1.13 bits per heavy atom. The van der Waals surface area contributed by atoms with Crippen LogP contribution in [0.3, 0.4) is 0 Å². The fraction of sp³-hybridized carbons (Fsp3) is 0.333. The van der Waals surface area contributed by atoms with Crippen LogP contribution < -0.4 is 15.8 Å². The number of nitrogens with two attached hydrogens (primary N) is 1. The molecule has 1 aliphatic rings. The van der Waals surface area contributed by atoms with Crippen molar-refractivity contribution in [2.24, 2.45) is 0 Å². The van der Waals surface area contributed by atoms with Gasteiger partial charge in [0, 0.05) is 26.2 Å². The summed E-state index contributed by atoms with van der Waals surface area (Å²) in [5.41, 5.74) is 6.64. The summed E-state index contributed by atoms with van der Waals surface area (Å²) in [4.78, 5) is 29.5. The van der Waals surface area contributed by atoms with Crippen molar-refractivity contribution in [3.63, 3.8) is 0 Å². The van der Waals surface area contributed by atoms with Gasteiger partial charge in [0.25, 0.3) is 5.91 Å². The molecule has 0 atom stereocenters. The van der Waals surface area contributed by atoms with Crippen LogP contribution >= 0.6 is 0 Å². The van der Waals surface area contributed by atoms with E-state index in [9.17, 15) is 4.79 Å². The number of anilines is 3. The number of hydrogen-bond donors (Lipinski definition) is 2. The number of rotatable bonds is 6. The van der Waals surface area contributed by atoms with Gasteiger partial charge in [0.05, 0.1) is 19.3 Å². The van der Waals surface area contributed by atoms with Crippen molar-refractivity contribution in [1.82, 2.24) is 24.8 Å². The molecule has 10 nitrogen and oxygen atoms in total. The fourth-order valence-corrected chi connectivity index (χ4v) is 3.45. The van der Waals surface area contributed by atoms with Crippen molar-refractivity contribution in [2.75, 3.05) is 44.3 Å². The molecule has 0 aliphatic carbocycles. The maximum Gasteiger partial charge on any atom is 0.289 e. The molecule has 0 unspecified atom stereocenters. The lowest BCUT2D eigenvalue weighted by Gasteiger charge is -2.33. The van der Waals surface area contributed by atoms with Gasteiger partial charge in [-0.25, -0.2) is 0 Å². The quantitative estimate of drug-likeness (QED) is 0.613. The van der Waals surface area contributed by atoms with Crippen molar-refractivity contribution in [3.8, 4) is 5.75 Å². The molecule has 31 heavy (non-hydrogen) atoms. The van der Waals surface area contributed by atoms with E-state index in [2.05, 4.69) is 25.2 Å². The van der Waals surface area contributed by atoms with Gasteiger partial charge in [0.15, 0.2) is 5.76 Å². The van der Waals surface area contributed by atoms with Crippen LogP contribution in [0.15, 0.2) is 40.8 Å². The van der Waals surface area contributed by atoms with E-state index in [0.29, 0.717) is 56.0 Å². The van der Waals surface area contributed by atoms with Crippen LogP contribution in [-0.4, -0.2) is 63.9 Å². The van der Waals surface area contributed by atoms with Crippen LogP contribution in [0.4, 0.5) is 17.6 Å². The molecule has 1 saturated heterocycles. The van der Waals surface area contributed by atoms with Crippen molar-refractivity contribution in [1.29, 1.82) is 0 Å². The van der Waals surface area contributed by atoms with E-state index in [4.69, 9.17) is 14.9 Å². The Morgan fingerprint density at radius 2 is 1.90 bits per heavy atom. The minimum absolute atomic E-state index is 0.0829. The first-order valence-corrected chi connectivity index (χ1v) is 10.0. The van der Waals surface area contributed by atoms with Crippen LogP contribution in [0.1, 0.15) is 22.1 Å². The van der Waals surface area contributed by atoms with E-state index in [1.807, 2.05) is 31.2 Å².